The Morgan fingerprint density at radius 2 is 1.70 bits per heavy atom. The second-order valence-electron chi connectivity index (χ2n) is 7.68. The summed E-state index contributed by atoms with van der Waals surface area (Å²) in [5.74, 6) is -0.613. The molecule has 0 aromatic heterocycles. The molecular weight excluding hydrogens is 380 g/mol. The normalized spacial score (nSPS) is 14.0. The number of rotatable bonds is 9. The van der Waals surface area contributed by atoms with Gasteiger partial charge in [0.15, 0.2) is 0 Å². The van der Waals surface area contributed by atoms with Crippen LogP contribution in [0.5, 0.6) is 0 Å². The first-order chi connectivity index (χ1) is 14.5. The minimum absolute atomic E-state index is 0.00461. The molecule has 6 heteroatoms. The fourth-order valence-electron chi connectivity index (χ4n) is 3.69. The van der Waals surface area contributed by atoms with E-state index >= 15 is 0 Å². The van der Waals surface area contributed by atoms with Crippen LogP contribution in [0.2, 0.25) is 0 Å². The van der Waals surface area contributed by atoms with Gasteiger partial charge >= 0.3 is 5.97 Å². The third-order valence-corrected chi connectivity index (χ3v) is 5.40. The first kappa shape index (κ1) is 21.7. The fourth-order valence-corrected chi connectivity index (χ4v) is 3.69. The summed E-state index contributed by atoms with van der Waals surface area (Å²) in [5.41, 5.74) is 4.37. The number of hydrogen-bond acceptors (Lipinski definition) is 4. The van der Waals surface area contributed by atoms with Crippen LogP contribution in [0.25, 0.3) is 0 Å². The predicted octanol–water partition coefficient (Wildman–Crippen LogP) is 2.58. The van der Waals surface area contributed by atoms with Crippen molar-refractivity contribution in [3.63, 3.8) is 0 Å². The molecule has 1 fully saturated rings. The van der Waals surface area contributed by atoms with Crippen molar-refractivity contribution in [1.29, 1.82) is 0 Å². The van der Waals surface area contributed by atoms with Gasteiger partial charge in [0.05, 0.1) is 6.54 Å². The van der Waals surface area contributed by atoms with Crippen molar-refractivity contribution < 1.29 is 19.5 Å². The van der Waals surface area contributed by atoms with Crippen molar-refractivity contribution >= 4 is 17.7 Å². The minimum Gasteiger partial charge on any atom is -0.481 e. The predicted molar refractivity (Wildman–Crippen MR) is 114 cm³/mol. The highest BCUT2D eigenvalue weighted by Crippen LogP contribution is 2.17. The third-order valence-electron chi connectivity index (χ3n) is 5.40. The number of ketones is 1. The Balaban J connectivity index is 1.63. The van der Waals surface area contributed by atoms with Crippen LogP contribution in [0.15, 0.2) is 48.5 Å². The second-order valence-corrected chi connectivity index (χ2v) is 7.68. The van der Waals surface area contributed by atoms with Crippen molar-refractivity contribution in [3.8, 4) is 0 Å². The number of piperidine rings is 1. The number of Topliss-reactive ketones (excluding diaryl/α,β-unsaturated/α-hetero) is 1. The van der Waals surface area contributed by atoms with Gasteiger partial charge in [-0.1, -0.05) is 48.5 Å². The molecule has 2 aromatic rings. The quantitative estimate of drug-likeness (QED) is 0.666. The number of amides is 1. The maximum Gasteiger partial charge on any atom is 0.303 e. The lowest BCUT2D eigenvalue weighted by atomic mass is 9.96. The molecule has 30 heavy (non-hydrogen) atoms. The molecule has 0 saturated carbocycles. The Bertz CT molecular complexity index is 885. The summed E-state index contributed by atoms with van der Waals surface area (Å²) in [4.78, 5) is 36.5. The Morgan fingerprint density at radius 3 is 2.40 bits per heavy atom. The molecule has 2 aromatic carbocycles. The standard InChI is InChI=1S/C24H28N2O4/c27-22-10-12-26(13-11-22)23(28)17-25-16-21-15-19(14-18-4-2-1-3-5-18)6-7-20(21)8-9-24(29)30/h1-7,15,25H,8-14,16-17H2,(H,29,30). The summed E-state index contributed by atoms with van der Waals surface area (Å²) < 4.78 is 0. The summed E-state index contributed by atoms with van der Waals surface area (Å²) in [7, 11) is 0. The molecule has 0 aliphatic carbocycles. The molecule has 0 bridgehead atoms. The minimum atomic E-state index is -0.822. The van der Waals surface area contributed by atoms with Gasteiger partial charge in [0.1, 0.15) is 5.78 Å². The average Bonchev–Trinajstić information content (AvgIpc) is 2.74. The van der Waals surface area contributed by atoms with Gasteiger partial charge in [-0.3, -0.25) is 14.4 Å². The van der Waals surface area contributed by atoms with E-state index in [9.17, 15) is 14.4 Å². The summed E-state index contributed by atoms with van der Waals surface area (Å²) in [5, 5.41) is 12.2. The summed E-state index contributed by atoms with van der Waals surface area (Å²) in [6, 6.07) is 16.3. The number of nitrogens with one attached hydrogen (secondary N) is 1. The Morgan fingerprint density at radius 1 is 0.967 bits per heavy atom. The first-order valence-corrected chi connectivity index (χ1v) is 10.4. The number of nitrogens with zero attached hydrogens (tertiary/aromatic N) is 1. The molecule has 1 saturated heterocycles. The lowest BCUT2D eigenvalue weighted by Gasteiger charge is -2.26. The van der Waals surface area contributed by atoms with Crippen LogP contribution in [0, 0.1) is 0 Å². The number of aliphatic carboxylic acids is 1. The van der Waals surface area contributed by atoms with Gasteiger partial charge in [-0.15, -0.1) is 0 Å². The number of carboxylic acid groups (broad SMARTS) is 1. The number of carbonyl (C=O) groups excluding carboxylic acids is 2. The number of benzene rings is 2. The van der Waals surface area contributed by atoms with Crippen LogP contribution in [-0.2, 0) is 33.8 Å². The van der Waals surface area contributed by atoms with Gasteiger partial charge in [0, 0.05) is 38.9 Å². The number of aryl methyl sites for hydroxylation is 1. The van der Waals surface area contributed by atoms with Crippen LogP contribution in [0.1, 0.15) is 41.5 Å². The lowest BCUT2D eigenvalue weighted by Crippen LogP contribution is -2.43. The average molecular weight is 408 g/mol. The van der Waals surface area contributed by atoms with E-state index in [1.807, 2.05) is 30.3 Å². The van der Waals surface area contributed by atoms with Gasteiger partial charge in [-0.05, 0) is 35.1 Å². The molecular formula is C24H28N2O4. The smallest absolute Gasteiger partial charge is 0.303 e. The molecule has 0 unspecified atom stereocenters. The van der Waals surface area contributed by atoms with E-state index < -0.39 is 5.97 Å². The fraction of sp³-hybridized carbons (Fsp3) is 0.375. The maximum atomic E-state index is 12.4. The van der Waals surface area contributed by atoms with Gasteiger partial charge in [0.2, 0.25) is 5.91 Å². The Kier molecular flexibility index (Phi) is 7.74. The topological polar surface area (TPSA) is 86.7 Å². The van der Waals surface area contributed by atoms with Gasteiger partial charge in [0.25, 0.3) is 0 Å². The van der Waals surface area contributed by atoms with Crippen LogP contribution >= 0.6 is 0 Å². The summed E-state index contributed by atoms with van der Waals surface area (Å²) >= 11 is 0. The van der Waals surface area contributed by atoms with Gasteiger partial charge < -0.3 is 15.3 Å². The molecule has 0 radical (unpaired) electrons. The van der Waals surface area contributed by atoms with E-state index in [0.29, 0.717) is 38.9 Å². The highest BCUT2D eigenvalue weighted by molar-refractivity contribution is 5.84. The molecule has 1 aliphatic heterocycles. The Labute approximate surface area is 176 Å². The van der Waals surface area contributed by atoms with Crippen molar-refractivity contribution in [1.82, 2.24) is 10.2 Å². The van der Waals surface area contributed by atoms with E-state index in [4.69, 9.17) is 5.11 Å². The number of carboxylic acids is 1. The zero-order valence-electron chi connectivity index (χ0n) is 17.1. The lowest BCUT2D eigenvalue weighted by molar-refractivity contribution is -0.137. The summed E-state index contributed by atoms with van der Waals surface area (Å²) in [6.07, 6.45) is 2.21. The van der Waals surface area contributed by atoms with Crippen molar-refractivity contribution in [2.75, 3.05) is 19.6 Å². The van der Waals surface area contributed by atoms with Crippen molar-refractivity contribution in [3.05, 3.63) is 70.8 Å². The van der Waals surface area contributed by atoms with Crippen LogP contribution in [0.3, 0.4) is 0 Å². The van der Waals surface area contributed by atoms with Crippen molar-refractivity contribution in [2.24, 2.45) is 0 Å². The molecule has 3 rings (SSSR count). The SMILES string of the molecule is O=C(O)CCc1ccc(Cc2ccccc2)cc1CNCC(=O)N1CCC(=O)CC1. The van der Waals surface area contributed by atoms with E-state index in [0.717, 1.165) is 23.1 Å². The van der Waals surface area contributed by atoms with E-state index in [-0.39, 0.29) is 24.7 Å². The molecule has 0 atom stereocenters. The maximum absolute atomic E-state index is 12.4. The highest BCUT2D eigenvalue weighted by Gasteiger charge is 2.20. The van der Waals surface area contributed by atoms with Gasteiger partial charge in [-0.25, -0.2) is 0 Å². The number of carbonyl (C=O) groups is 3. The Hall–Kier alpha value is -2.99. The molecule has 1 amide bonds. The van der Waals surface area contributed by atoms with Gasteiger partial charge in [-0.2, -0.15) is 0 Å². The summed E-state index contributed by atoms with van der Waals surface area (Å²) in [6.45, 7) is 1.69. The monoisotopic (exact) mass is 408 g/mol. The van der Waals surface area contributed by atoms with Crippen LogP contribution in [-0.4, -0.2) is 47.3 Å². The zero-order chi connectivity index (χ0) is 21.3. The molecule has 1 heterocycles. The molecule has 2 N–H and O–H groups in total. The molecule has 0 spiro atoms. The number of hydrogen-bond donors (Lipinski definition) is 2. The van der Waals surface area contributed by atoms with E-state index in [2.05, 4.69) is 23.5 Å². The van der Waals surface area contributed by atoms with Crippen LogP contribution < -0.4 is 5.32 Å². The van der Waals surface area contributed by atoms with Crippen LogP contribution in [0.4, 0.5) is 0 Å². The molecule has 6 nitrogen and oxygen atoms in total. The zero-order valence-corrected chi connectivity index (χ0v) is 17.1. The third kappa shape index (κ3) is 6.52. The first-order valence-electron chi connectivity index (χ1n) is 10.4. The number of likely N-dealkylation sites (tertiary alicyclic amines) is 1. The molecule has 1 aliphatic rings. The van der Waals surface area contributed by atoms with Crippen molar-refractivity contribution in [2.45, 2.75) is 38.6 Å². The second kappa shape index (κ2) is 10.7. The molecule has 158 valence electrons. The highest BCUT2D eigenvalue weighted by atomic mass is 16.4. The van der Waals surface area contributed by atoms with E-state index in [1.54, 1.807) is 4.90 Å². The largest absolute Gasteiger partial charge is 0.481 e. The van der Waals surface area contributed by atoms with E-state index in [1.165, 1.54) is 5.56 Å².